The minimum atomic E-state index is -0.287. The van der Waals surface area contributed by atoms with E-state index in [-0.39, 0.29) is 24.8 Å². The van der Waals surface area contributed by atoms with E-state index in [1.807, 2.05) is 49.4 Å². The molecule has 3 rings (SSSR count). The van der Waals surface area contributed by atoms with Crippen molar-refractivity contribution >= 4 is 17.5 Å². The number of carbonyl (C=O) groups is 2. The quantitative estimate of drug-likeness (QED) is 0.704. The lowest BCUT2D eigenvalue weighted by Gasteiger charge is -2.06. The molecule has 2 N–H and O–H groups in total. The summed E-state index contributed by atoms with van der Waals surface area (Å²) >= 11 is 0. The van der Waals surface area contributed by atoms with E-state index in [2.05, 4.69) is 15.6 Å². The second-order valence-electron chi connectivity index (χ2n) is 6.26. The average Bonchev–Trinajstić information content (AvgIpc) is 3.02. The number of aromatic nitrogens is 1. The Morgan fingerprint density at radius 1 is 0.963 bits per heavy atom. The Hall–Kier alpha value is -3.41. The Labute approximate surface area is 157 Å². The summed E-state index contributed by atoms with van der Waals surface area (Å²) in [7, 11) is 0. The molecular weight excluding hydrogens is 342 g/mol. The number of anilines is 1. The molecule has 1 heterocycles. The molecule has 0 bridgehead atoms. The molecule has 0 fully saturated rings. The average molecular weight is 363 g/mol. The molecule has 3 aromatic rings. The third-order valence-electron chi connectivity index (χ3n) is 4.02. The van der Waals surface area contributed by atoms with Crippen molar-refractivity contribution in [3.63, 3.8) is 0 Å². The first kappa shape index (κ1) is 18.4. The lowest BCUT2D eigenvalue weighted by atomic mass is 10.1. The van der Waals surface area contributed by atoms with Gasteiger partial charge in [-0.15, -0.1) is 0 Å². The van der Waals surface area contributed by atoms with Crippen LogP contribution in [0.2, 0.25) is 0 Å². The molecule has 27 heavy (non-hydrogen) atoms. The summed E-state index contributed by atoms with van der Waals surface area (Å²) < 4.78 is 5.68. The maximum Gasteiger partial charge on any atom is 0.243 e. The predicted octanol–water partition coefficient (Wildman–Crippen LogP) is 3.26. The first-order valence-corrected chi connectivity index (χ1v) is 8.66. The van der Waals surface area contributed by atoms with E-state index in [1.165, 1.54) is 0 Å². The van der Waals surface area contributed by atoms with Gasteiger partial charge in [0.2, 0.25) is 17.7 Å². The topological polar surface area (TPSA) is 84.2 Å². The summed E-state index contributed by atoms with van der Waals surface area (Å²) in [5.74, 6) is 0.503. The van der Waals surface area contributed by atoms with Crippen LogP contribution in [-0.4, -0.2) is 23.3 Å². The highest BCUT2D eigenvalue weighted by Crippen LogP contribution is 2.22. The number of amides is 2. The number of nitrogens with one attached hydrogen (secondary N) is 2. The maximum atomic E-state index is 12.1. The largest absolute Gasteiger partial charge is 0.441 e. The second kappa shape index (κ2) is 8.31. The Morgan fingerprint density at radius 3 is 2.37 bits per heavy atom. The van der Waals surface area contributed by atoms with Crippen molar-refractivity contribution in [1.82, 2.24) is 10.3 Å². The monoisotopic (exact) mass is 363 g/mol. The third-order valence-corrected chi connectivity index (χ3v) is 4.02. The van der Waals surface area contributed by atoms with Gasteiger partial charge in [0.15, 0.2) is 0 Å². The van der Waals surface area contributed by atoms with E-state index < -0.39 is 0 Å². The highest BCUT2D eigenvalue weighted by atomic mass is 16.4. The molecule has 0 saturated heterocycles. The highest BCUT2D eigenvalue weighted by Gasteiger charge is 2.15. The molecule has 0 unspecified atom stereocenters. The van der Waals surface area contributed by atoms with E-state index in [1.54, 1.807) is 19.1 Å². The van der Waals surface area contributed by atoms with Gasteiger partial charge in [0.05, 0.1) is 18.7 Å². The van der Waals surface area contributed by atoms with Crippen LogP contribution in [0.5, 0.6) is 0 Å². The SMILES string of the molecule is Cc1ccc(-c2nc(CC(=O)NCC(=O)Nc3ccccc3)c(C)o2)cc1. The number of nitrogens with zero attached hydrogens (tertiary/aromatic N) is 1. The van der Waals surface area contributed by atoms with E-state index in [0.717, 1.165) is 11.1 Å². The molecule has 138 valence electrons. The predicted molar refractivity (Wildman–Crippen MR) is 103 cm³/mol. The fourth-order valence-corrected chi connectivity index (χ4v) is 2.53. The van der Waals surface area contributed by atoms with Crippen LogP contribution in [0.3, 0.4) is 0 Å². The minimum Gasteiger partial charge on any atom is -0.441 e. The van der Waals surface area contributed by atoms with Crippen LogP contribution in [0.4, 0.5) is 5.69 Å². The van der Waals surface area contributed by atoms with Gasteiger partial charge in [-0.1, -0.05) is 35.9 Å². The first-order valence-electron chi connectivity index (χ1n) is 8.66. The maximum absolute atomic E-state index is 12.1. The lowest BCUT2D eigenvalue weighted by Crippen LogP contribution is -2.33. The van der Waals surface area contributed by atoms with Crippen LogP contribution in [0.15, 0.2) is 59.0 Å². The van der Waals surface area contributed by atoms with Gasteiger partial charge in [0, 0.05) is 11.3 Å². The number of oxazole rings is 1. The van der Waals surface area contributed by atoms with Crippen molar-refractivity contribution in [1.29, 1.82) is 0 Å². The van der Waals surface area contributed by atoms with Crippen molar-refractivity contribution in [3.05, 3.63) is 71.6 Å². The van der Waals surface area contributed by atoms with Gasteiger partial charge in [0.25, 0.3) is 0 Å². The van der Waals surface area contributed by atoms with Crippen molar-refractivity contribution in [2.75, 3.05) is 11.9 Å². The zero-order chi connectivity index (χ0) is 19.2. The van der Waals surface area contributed by atoms with Crippen molar-refractivity contribution < 1.29 is 14.0 Å². The van der Waals surface area contributed by atoms with Crippen LogP contribution >= 0.6 is 0 Å². The molecular formula is C21H21N3O3. The molecule has 0 aliphatic rings. The van der Waals surface area contributed by atoms with Crippen LogP contribution in [0.1, 0.15) is 17.0 Å². The molecule has 1 aromatic heterocycles. The van der Waals surface area contributed by atoms with Gasteiger partial charge in [-0.25, -0.2) is 4.98 Å². The Balaban J connectivity index is 1.55. The molecule has 6 heteroatoms. The molecule has 2 aromatic carbocycles. The fraction of sp³-hybridized carbons (Fsp3) is 0.190. The van der Waals surface area contributed by atoms with Crippen LogP contribution in [0, 0.1) is 13.8 Å². The molecule has 2 amide bonds. The number of hydrogen-bond acceptors (Lipinski definition) is 4. The minimum absolute atomic E-state index is 0.0554. The number of rotatable bonds is 6. The zero-order valence-electron chi connectivity index (χ0n) is 15.3. The second-order valence-corrected chi connectivity index (χ2v) is 6.26. The van der Waals surface area contributed by atoms with Crippen molar-refractivity contribution in [2.24, 2.45) is 0 Å². The molecule has 6 nitrogen and oxygen atoms in total. The van der Waals surface area contributed by atoms with E-state index >= 15 is 0 Å². The van der Waals surface area contributed by atoms with E-state index in [9.17, 15) is 9.59 Å². The highest BCUT2D eigenvalue weighted by molar-refractivity contribution is 5.94. The molecule has 0 spiro atoms. The smallest absolute Gasteiger partial charge is 0.243 e. The van der Waals surface area contributed by atoms with Crippen molar-refractivity contribution in [2.45, 2.75) is 20.3 Å². The molecule has 0 aliphatic carbocycles. The number of aryl methyl sites for hydroxylation is 2. The lowest BCUT2D eigenvalue weighted by molar-refractivity contribution is -0.123. The Bertz CT molecular complexity index is 931. The van der Waals surface area contributed by atoms with Gasteiger partial charge in [0.1, 0.15) is 5.76 Å². The van der Waals surface area contributed by atoms with Crippen LogP contribution < -0.4 is 10.6 Å². The van der Waals surface area contributed by atoms with Crippen LogP contribution in [-0.2, 0) is 16.0 Å². The van der Waals surface area contributed by atoms with Crippen molar-refractivity contribution in [3.8, 4) is 11.5 Å². The van der Waals surface area contributed by atoms with Crippen LogP contribution in [0.25, 0.3) is 11.5 Å². The molecule has 0 radical (unpaired) electrons. The number of benzene rings is 2. The van der Waals surface area contributed by atoms with E-state index in [4.69, 9.17) is 4.42 Å². The first-order chi connectivity index (χ1) is 13.0. The summed E-state index contributed by atoms with van der Waals surface area (Å²) in [5, 5.41) is 5.32. The van der Waals surface area contributed by atoms with Gasteiger partial charge in [-0.05, 0) is 38.1 Å². The number of para-hydroxylation sites is 1. The third kappa shape index (κ3) is 5.04. The van der Waals surface area contributed by atoms with Gasteiger partial charge < -0.3 is 15.1 Å². The van der Waals surface area contributed by atoms with E-state index in [0.29, 0.717) is 23.0 Å². The normalized spacial score (nSPS) is 10.4. The van der Waals surface area contributed by atoms with Gasteiger partial charge in [-0.3, -0.25) is 9.59 Å². The fourth-order valence-electron chi connectivity index (χ4n) is 2.53. The Kier molecular flexibility index (Phi) is 5.66. The zero-order valence-corrected chi connectivity index (χ0v) is 15.3. The number of carbonyl (C=O) groups excluding carboxylic acids is 2. The molecule has 0 aliphatic heterocycles. The summed E-state index contributed by atoms with van der Waals surface area (Å²) in [6, 6.07) is 16.9. The Morgan fingerprint density at radius 2 is 1.67 bits per heavy atom. The summed E-state index contributed by atoms with van der Waals surface area (Å²) in [6.45, 7) is 3.68. The molecule has 0 saturated carbocycles. The standard InChI is InChI=1S/C21H21N3O3/c1-14-8-10-16(11-9-14)21-24-18(15(2)27-21)12-19(25)22-13-20(26)23-17-6-4-3-5-7-17/h3-11H,12-13H2,1-2H3,(H,22,25)(H,23,26). The summed E-state index contributed by atoms with van der Waals surface area (Å²) in [4.78, 5) is 28.4. The molecule has 0 atom stereocenters. The number of hydrogen-bond donors (Lipinski definition) is 2. The van der Waals surface area contributed by atoms with Gasteiger partial charge in [-0.2, -0.15) is 0 Å². The summed E-state index contributed by atoms with van der Waals surface area (Å²) in [6.07, 6.45) is 0.0554. The van der Waals surface area contributed by atoms with Gasteiger partial charge >= 0.3 is 0 Å². The summed E-state index contributed by atoms with van der Waals surface area (Å²) in [5.41, 5.74) is 3.26.